The van der Waals surface area contributed by atoms with E-state index in [0.29, 0.717) is 34.1 Å². The first-order chi connectivity index (χ1) is 13.4. The van der Waals surface area contributed by atoms with Gasteiger partial charge in [-0.3, -0.25) is 9.48 Å². The molecule has 0 unspecified atom stereocenters. The van der Waals surface area contributed by atoms with Crippen molar-refractivity contribution >= 4 is 29.2 Å². The van der Waals surface area contributed by atoms with Gasteiger partial charge < -0.3 is 15.2 Å². The van der Waals surface area contributed by atoms with Gasteiger partial charge in [0, 0.05) is 22.7 Å². The van der Waals surface area contributed by atoms with Crippen molar-refractivity contribution in [2.24, 2.45) is 0 Å². The fourth-order valence-corrected chi connectivity index (χ4v) is 3.00. The summed E-state index contributed by atoms with van der Waals surface area (Å²) in [6.07, 6.45) is 0. The van der Waals surface area contributed by atoms with Crippen LogP contribution in [-0.4, -0.2) is 33.9 Å². The minimum atomic E-state index is -1.19. The average Bonchev–Trinajstić information content (AvgIpc) is 3.06. The molecule has 0 aliphatic rings. The molecule has 3 aromatic rings. The Kier molecular flexibility index (Phi) is 5.65. The molecule has 7 nitrogen and oxygen atoms in total. The lowest BCUT2D eigenvalue weighted by atomic mass is 10.1. The van der Waals surface area contributed by atoms with Gasteiger partial charge in [0.1, 0.15) is 17.1 Å². The molecule has 0 atom stereocenters. The second-order valence-corrected chi connectivity index (χ2v) is 6.33. The smallest absolute Gasteiger partial charge is 0.356 e. The molecule has 28 heavy (non-hydrogen) atoms. The summed E-state index contributed by atoms with van der Waals surface area (Å²) in [6, 6.07) is 13.4. The van der Waals surface area contributed by atoms with Crippen molar-refractivity contribution in [2.75, 3.05) is 12.4 Å². The topological polar surface area (TPSA) is 93.5 Å². The normalized spacial score (nSPS) is 10.5. The zero-order chi connectivity index (χ0) is 20.3. The van der Waals surface area contributed by atoms with Crippen LogP contribution in [-0.2, 0) is 6.54 Å². The number of nitrogens with one attached hydrogen (secondary N) is 1. The molecule has 1 aromatic heterocycles. The highest BCUT2D eigenvalue weighted by Crippen LogP contribution is 2.32. The molecule has 1 amide bonds. The van der Waals surface area contributed by atoms with Gasteiger partial charge in [-0.05, 0) is 37.3 Å². The van der Waals surface area contributed by atoms with E-state index in [1.807, 2.05) is 0 Å². The largest absolute Gasteiger partial charge is 0.497 e. The van der Waals surface area contributed by atoms with Gasteiger partial charge in [-0.25, -0.2) is 4.79 Å². The number of aromatic carboxylic acids is 1. The number of benzene rings is 2. The second-order valence-electron chi connectivity index (χ2n) is 5.89. The van der Waals surface area contributed by atoms with Gasteiger partial charge in [-0.1, -0.05) is 29.8 Å². The van der Waals surface area contributed by atoms with Crippen molar-refractivity contribution in [2.45, 2.75) is 13.5 Å². The van der Waals surface area contributed by atoms with Crippen LogP contribution < -0.4 is 10.1 Å². The van der Waals surface area contributed by atoms with E-state index in [4.69, 9.17) is 16.3 Å². The van der Waals surface area contributed by atoms with Gasteiger partial charge >= 0.3 is 5.97 Å². The number of carbonyl (C=O) groups is 2. The summed E-state index contributed by atoms with van der Waals surface area (Å²) < 4.78 is 6.47. The van der Waals surface area contributed by atoms with E-state index in [-0.39, 0.29) is 11.4 Å². The quantitative estimate of drug-likeness (QED) is 0.648. The summed E-state index contributed by atoms with van der Waals surface area (Å²) in [7, 11) is 1.50. The number of amides is 1. The molecule has 8 heteroatoms. The Morgan fingerprint density at radius 3 is 2.61 bits per heavy atom. The van der Waals surface area contributed by atoms with E-state index in [0.717, 1.165) is 0 Å². The van der Waals surface area contributed by atoms with E-state index >= 15 is 0 Å². The number of carboxylic acids is 1. The summed E-state index contributed by atoms with van der Waals surface area (Å²) in [5, 5.41) is 17.3. The molecule has 0 aliphatic heterocycles. The van der Waals surface area contributed by atoms with E-state index in [1.165, 1.54) is 11.8 Å². The first kappa shape index (κ1) is 19.4. The van der Waals surface area contributed by atoms with E-state index < -0.39 is 11.9 Å². The number of hydrogen-bond acceptors (Lipinski definition) is 4. The van der Waals surface area contributed by atoms with Crippen LogP contribution >= 0.6 is 11.6 Å². The van der Waals surface area contributed by atoms with Crippen LogP contribution in [0.15, 0.2) is 48.5 Å². The SMILES string of the molecule is CCn1nc(-c2cccc(Cl)c2)c(NC(=O)c2cccc(OC)c2)c1C(=O)O. The molecule has 3 rings (SSSR count). The highest BCUT2D eigenvalue weighted by atomic mass is 35.5. The molecule has 2 aromatic carbocycles. The van der Waals surface area contributed by atoms with Crippen LogP contribution in [0.2, 0.25) is 5.02 Å². The van der Waals surface area contributed by atoms with Gasteiger partial charge in [-0.2, -0.15) is 5.10 Å². The maximum atomic E-state index is 12.8. The number of carboxylic acid groups (broad SMARTS) is 1. The minimum absolute atomic E-state index is 0.103. The number of hydrogen-bond donors (Lipinski definition) is 2. The number of halogens is 1. The number of nitrogens with zero attached hydrogens (tertiary/aromatic N) is 2. The Labute approximate surface area is 166 Å². The fourth-order valence-electron chi connectivity index (χ4n) is 2.81. The Morgan fingerprint density at radius 2 is 1.96 bits per heavy atom. The molecule has 1 heterocycles. The van der Waals surface area contributed by atoms with E-state index in [1.54, 1.807) is 55.5 Å². The standard InChI is InChI=1S/C20H18ClN3O4/c1-3-24-18(20(26)27)17(16(23-24)12-6-4-8-14(21)10-12)22-19(25)13-7-5-9-15(11-13)28-2/h4-11H,3H2,1-2H3,(H,22,25)(H,26,27). The number of carbonyl (C=O) groups excluding carboxylic acids is 1. The lowest BCUT2D eigenvalue weighted by Gasteiger charge is -2.09. The van der Waals surface area contributed by atoms with Crippen molar-refractivity contribution < 1.29 is 19.4 Å². The minimum Gasteiger partial charge on any atom is -0.497 e. The van der Waals surface area contributed by atoms with Crippen LogP contribution in [0, 0.1) is 0 Å². The van der Waals surface area contributed by atoms with Crippen LogP contribution in [0.5, 0.6) is 5.75 Å². The molecule has 0 radical (unpaired) electrons. The molecule has 0 saturated heterocycles. The first-order valence-corrected chi connectivity index (χ1v) is 8.87. The second kappa shape index (κ2) is 8.14. The zero-order valence-corrected chi connectivity index (χ0v) is 16.0. The number of aryl methyl sites for hydroxylation is 1. The summed E-state index contributed by atoms with van der Waals surface area (Å²) >= 11 is 6.07. The number of aromatic nitrogens is 2. The predicted molar refractivity (Wildman–Crippen MR) is 106 cm³/mol. The molecule has 144 valence electrons. The molecule has 2 N–H and O–H groups in total. The summed E-state index contributed by atoms with van der Waals surface area (Å²) in [6.45, 7) is 2.10. The Bertz CT molecular complexity index is 1050. The molecule has 0 aliphatic carbocycles. The van der Waals surface area contributed by atoms with Gasteiger partial charge in [0.15, 0.2) is 5.69 Å². The van der Waals surface area contributed by atoms with Crippen molar-refractivity contribution in [1.82, 2.24) is 9.78 Å². The number of ether oxygens (including phenoxy) is 1. The van der Waals surface area contributed by atoms with Crippen LogP contribution in [0.3, 0.4) is 0 Å². The predicted octanol–water partition coefficient (Wildman–Crippen LogP) is 4.18. The summed E-state index contributed by atoms with van der Waals surface area (Å²) in [4.78, 5) is 24.7. The molecule has 0 bridgehead atoms. The summed E-state index contributed by atoms with van der Waals surface area (Å²) in [5.74, 6) is -1.14. The van der Waals surface area contributed by atoms with E-state index in [9.17, 15) is 14.7 Å². The molecule has 0 spiro atoms. The molecular formula is C20H18ClN3O4. The average molecular weight is 400 g/mol. The van der Waals surface area contributed by atoms with Crippen molar-refractivity contribution in [1.29, 1.82) is 0 Å². The van der Waals surface area contributed by atoms with Gasteiger partial charge in [-0.15, -0.1) is 0 Å². The van der Waals surface area contributed by atoms with Crippen molar-refractivity contribution in [3.05, 3.63) is 64.8 Å². The van der Waals surface area contributed by atoms with Crippen LogP contribution in [0.4, 0.5) is 5.69 Å². The third-order valence-electron chi connectivity index (χ3n) is 4.12. The number of methoxy groups -OCH3 is 1. The highest BCUT2D eigenvalue weighted by Gasteiger charge is 2.25. The Hall–Kier alpha value is -3.32. The fraction of sp³-hybridized carbons (Fsp3) is 0.150. The number of anilines is 1. The summed E-state index contributed by atoms with van der Waals surface area (Å²) in [5.41, 5.74) is 1.27. The first-order valence-electron chi connectivity index (χ1n) is 8.50. The van der Waals surface area contributed by atoms with Gasteiger partial charge in [0.2, 0.25) is 0 Å². The maximum Gasteiger partial charge on any atom is 0.356 e. The van der Waals surface area contributed by atoms with Crippen LogP contribution in [0.25, 0.3) is 11.3 Å². The molecular weight excluding hydrogens is 382 g/mol. The molecule has 0 fully saturated rings. The van der Waals surface area contributed by atoms with Crippen molar-refractivity contribution in [3.8, 4) is 17.0 Å². The lowest BCUT2D eigenvalue weighted by Crippen LogP contribution is -2.16. The number of rotatable bonds is 6. The monoisotopic (exact) mass is 399 g/mol. The van der Waals surface area contributed by atoms with Crippen molar-refractivity contribution in [3.63, 3.8) is 0 Å². The van der Waals surface area contributed by atoms with Gasteiger partial charge in [0.25, 0.3) is 5.91 Å². The van der Waals surface area contributed by atoms with Crippen LogP contribution in [0.1, 0.15) is 27.8 Å². The lowest BCUT2D eigenvalue weighted by molar-refractivity contribution is 0.0684. The maximum absolute atomic E-state index is 12.8. The third kappa shape index (κ3) is 3.84. The zero-order valence-electron chi connectivity index (χ0n) is 15.3. The Balaban J connectivity index is 2.10. The third-order valence-corrected chi connectivity index (χ3v) is 4.36. The highest BCUT2D eigenvalue weighted by molar-refractivity contribution is 6.30. The molecule has 0 saturated carbocycles. The Morgan fingerprint density at radius 1 is 1.21 bits per heavy atom. The van der Waals surface area contributed by atoms with E-state index in [2.05, 4.69) is 10.4 Å². The van der Waals surface area contributed by atoms with Gasteiger partial charge in [0.05, 0.1) is 7.11 Å².